The van der Waals surface area contributed by atoms with E-state index in [0.29, 0.717) is 37.3 Å². The molecule has 0 aliphatic carbocycles. The third-order valence-corrected chi connectivity index (χ3v) is 9.14. The van der Waals surface area contributed by atoms with Gasteiger partial charge in [0.15, 0.2) is 23.1 Å². The number of methoxy groups -OCH3 is 8. The number of Topliss-reactive ketones (excluding diaryl/α,β-unsaturated/α-hetero) is 2. The van der Waals surface area contributed by atoms with Crippen molar-refractivity contribution in [1.82, 2.24) is 9.97 Å². The normalized spacial score (nSPS) is 9.92. The van der Waals surface area contributed by atoms with Gasteiger partial charge in [0.25, 0.3) is 18.2 Å². The van der Waals surface area contributed by atoms with Crippen LogP contribution in [0.2, 0.25) is 0 Å². The Morgan fingerprint density at radius 3 is 1.53 bits per heavy atom. The fraction of sp³-hybridized carbons (Fsp3) is 0.382. The summed E-state index contributed by atoms with van der Waals surface area (Å²) in [6.45, 7) is -0.181. The molecule has 0 spiro atoms. The molecule has 4 aromatic rings. The minimum atomic E-state index is -1.27. The largest absolute Gasteiger partial charge is 1.00 e. The number of esters is 4. The van der Waals surface area contributed by atoms with Crippen LogP contribution in [0.4, 0.5) is 4.39 Å². The fourth-order valence-electron chi connectivity index (χ4n) is 3.91. The fourth-order valence-corrected chi connectivity index (χ4v) is 6.08. The van der Waals surface area contributed by atoms with Gasteiger partial charge in [-0.15, -0.1) is 22.7 Å². The minimum Gasteiger partial charge on any atom is -1.00 e. The van der Waals surface area contributed by atoms with Crippen molar-refractivity contribution in [3.63, 3.8) is 0 Å². The van der Waals surface area contributed by atoms with Crippen LogP contribution in [0.3, 0.4) is 0 Å². The molecule has 19 nitrogen and oxygen atoms in total. The molecule has 0 aromatic carbocycles. The van der Waals surface area contributed by atoms with Gasteiger partial charge in [-0.1, -0.05) is 15.9 Å². The van der Waals surface area contributed by atoms with E-state index in [9.17, 15) is 33.2 Å². The van der Waals surface area contributed by atoms with Crippen molar-refractivity contribution in [2.75, 3.05) is 69.4 Å². The van der Waals surface area contributed by atoms with Crippen LogP contribution in [0, 0.1) is 5.92 Å². The van der Waals surface area contributed by atoms with E-state index >= 15 is 0 Å². The molecule has 316 valence electrons. The van der Waals surface area contributed by atoms with Gasteiger partial charge in [0, 0.05) is 10.8 Å². The molecule has 4 aromatic heterocycles. The number of hydrogen-bond donors (Lipinski definition) is 0. The van der Waals surface area contributed by atoms with Crippen molar-refractivity contribution < 1.29 is 192 Å². The summed E-state index contributed by atoms with van der Waals surface area (Å²) in [5, 5.41) is 10.1. The standard InChI is InChI=1S/C16H17NO7S.C13H13NO5S.C3H5BrO2.CH3F.CH2O3.2K.H/c1-21-10-5-8-6-11(25-15(8)17-14(10)23-3)13(19)9(16(20)24-4)7-12(18)22-2;1-17-9-4-7-5-10(8(15)6-11(16)18-2)20-13(7)14-12(9)19-3;1-6-3(5)2-4;1-2;2-1-4-3;;;/h5-6,9H,7H2,1-4H3;4-5H,6H2,1-3H3;2H2,1H3;1H3;1,3H;;;/q;;;;;2*+1;-1/p-1/i;;;1D;;;;. The van der Waals surface area contributed by atoms with Crippen molar-refractivity contribution in [3.8, 4) is 23.3 Å². The maximum atomic E-state index is 12.7. The molecule has 1 unspecified atom stereocenters. The number of hydrogen-bond acceptors (Lipinski definition) is 21. The predicted octanol–water partition coefficient (Wildman–Crippen LogP) is -2.40. The van der Waals surface area contributed by atoms with Gasteiger partial charge in [0.05, 0.1) is 81.6 Å². The summed E-state index contributed by atoms with van der Waals surface area (Å²) in [6.07, 6.45) is -0.673. The third kappa shape index (κ3) is 20.5. The number of carbonyl (C=O) groups is 7. The van der Waals surface area contributed by atoms with Gasteiger partial charge in [-0.3, -0.25) is 38.0 Å². The van der Waals surface area contributed by atoms with Crippen LogP contribution in [0.25, 0.3) is 20.4 Å². The Balaban J connectivity index is -0.000000403. The number of ketones is 2. The molecular weight excluding hydrogens is 950 g/mol. The van der Waals surface area contributed by atoms with Crippen LogP contribution < -0.4 is 127 Å². The molecule has 4 rings (SSSR count). The van der Waals surface area contributed by atoms with Crippen LogP contribution in [-0.4, -0.2) is 121 Å². The number of ether oxygens (including phenoxy) is 8. The number of aromatic nitrogens is 2. The molecule has 4 heterocycles. The zero-order valence-electron chi connectivity index (χ0n) is 35.7. The minimum absolute atomic E-state index is 0. The van der Waals surface area contributed by atoms with E-state index in [2.05, 4.69) is 49.7 Å². The molecule has 0 aliphatic rings. The molecule has 1 atom stereocenters. The molecule has 0 aliphatic heterocycles. The Labute approximate surface area is 442 Å². The number of thiophene rings is 2. The molecule has 0 saturated carbocycles. The van der Waals surface area contributed by atoms with Gasteiger partial charge >= 0.3 is 127 Å². The van der Waals surface area contributed by atoms with E-state index in [1.807, 2.05) is 0 Å². The topological polar surface area (TPSA) is 251 Å². The van der Waals surface area contributed by atoms with Crippen LogP contribution in [0.15, 0.2) is 24.3 Å². The van der Waals surface area contributed by atoms with Crippen molar-refractivity contribution in [1.29, 1.82) is 0 Å². The van der Waals surface area contributed by atoms with Gasteiger partial charge in [-0.25, -0.2) is 0 Å². The second-order valence-corrected chi connectivity index (χ2v) is 12.3. The number of pyridine rings is 2. The summed E-state index contributed by atoms with van der Waals surface area (Å²) in [4.78, 5) is 90.7. The second-order valence-electron chi connectivity index (χ2n) is 9.71. The van der Waals surface area contributed by atoms with E-state index in [0.717, 1.165) is 23.8 Å². The molecule has 59 heavy (non-hydrogen) atoms. The molecule has 0 bridgehead atoms. The van der Waals surface area contributed by atoms with E-state index in [4.69, 9.17) is 30.4 Å². The number of fused-ring (bicyclic) bond motifs is 2. The first kappa shape index (κ1) is 58.8. The molecule has 0 N–H and O–H groups in total. The Morgan fingerprint density at radius 2 is 1.19 bits per heavy atom. The summed E-state index contributed by atoms with van der Waals surface area (Å²) in [6, 6.07) is 6.69. The van der Waals surface area contributed by atoms with Gasteiger partial charge in [-0.2, -0.15) is 9.97 Å². The maximum Gasteiger partial charge on any atom is 1.00 e. The number of carbonyl (C=O) groups excluding carboxylic acids is 7. The van der Waals surface area contributed by atoms with Crippen LogP contribution in [-0.2, 0) is 47.8 Å². The van der Waals surface area contributed by atoms with E-state index < -0.39 is 43.2 Å². The van der Waals surface area contributed by atoms with Crippen molar-refractivity contribution >= 4 is 101 Å². The smallest absolute Gasteiger partial charge is 1.00 e. The Kier molecular flexibility index (Phi) is 34.3. The zero-order chi connectivity index (χ0) is 44.4. The molecule has 0 saturated heterocycles. The number of halogens is 2. The van der Waals surface area contributed by atoms with Gasteiger partial charge in [0.2, 0.25) is 0 Å². The van der Waals surface area contributed by atoms with Crippen LogP contribution in [0.5, 0.6) is 23.3 Å². The first-order valence-corrected chi connectivity index (χ1v) is 18.0. The van der Waals surface area contributed by atoms with E-state index in [1.165, 1.54) is 61.1 Å². The van der Waals surface area contributed by atoms with Crippen LogP contribution in [0.1, 0.15) is 35.0 Å². The third-order valence-electron chi connectivity index (χ3n) is 6.53. The second kappa shape index (κ2) is 34.4. The number of alkyl halides is 2. The van der Waals surface area contributed by atoms with Crippen LogP contribution >= 0.6 is 38.6 Å². The average Bonchev–Trinajstić information content (AvgIpc) is 3.88. The zero-order valence-corrected chi connectivity index (χ0v) is 43.2. The Bertz CT molecular complexity index is 1910. The monoisotopic (exact) mass is 989 g/mol. The summed E-state index contributed by atoms with van der Waals surface area (Å²) >= 11 is 5.19. The molecule has 0 fully saturated rings. The maximum absolute atomic E-state index is 12.7. The average molecular weight is 991 g/mol. The first-order valence-electron chi connectivity index (χ1n) is 15.9. The number of rotatable bonds is 14. The Hall–Kier alpha value is -2.25. The predicted molar refractivity (Wildman–Crippen MR) is 204 cm³/mol. The quantitative estimate of drug-likeness (QED) is 0.0147. The van der Waals surface area contributed by atoms with Crippen molar-refractivity contribution in [2.24, 2.45) is 5.92 Å². The van der Waals surface area contributed by atoms with Crippen molar-refractivity contribution in [2.45, 2.75) is 12.8 Å². The molecule has 25 heteroatoms. The van der Waals surface area contributed by atoms with E-state index in [-0.39, 0.29) is 145 Å². The summed E-state index contributed by atoms with van der Waals surface area (Å²) in [5.41, 5.74) is 0. The molecule has 0 radical (unpaired) electrons. The summed E-state index contributed by atoms with van der Waals surface area (Å²) in [7, 11) is 9.88. The molecular formula is C34H40BrFK2N2O17S2. The van der Waals surface area contributed by atoms with Gasteiger partial charge < -0.3 is 49.5 Å². The SMILES string of the molecule is COC(=O)CBr.COC(=O)CC(=O)c1cc2cc(OC)c(OC)nc2s1.COC(=O)CC(C(=O)OC)C(=O)c1cc2cc(OC)c(OC)nc2s1.O=CO[O-].[2H]CF.[H-].[K+].[K+]. The Morgan fingerprint density at radius 1 is 0.763 bits per heavy atom. The summed E-state index contributed by atoms with van der Waals surface area (Å²) < 4.78 is 53.9. The van der Waals surface area contributed by atoms with Crippen molar-refractivity contribution in [3.05, 3.63) is 34.0 Å². The van der Waals surface area contributed by atoms with Gasteiger partial charge in [0.1, 0.15) is 27.3 Å². The summed E-state index contributed by atoms with van der Waals surface area (Å²) in [5.74, 6) is -2.81. The molecule has 0 amide bonds. The first-order chi connectivity index (χ1) is 27.7. The van der Waals surface area contributed by atoms with Gasteiger partial charge in [-0.05, 0) is 24.3 Å². The number of nitrogens with zero attached hydrogens (tertiary/aromatic N) is 2. The van der Waals surface area contributed by atoms with E-state index in [1.54, 1.807) is 24.3 Å².